The van der Waals surface area contributed by atoms with Gasteiger partial charge in [0.2, 0.25) is 5.91 Å². The Balaban J connectivity index is 2.87. The van der Waals surface area contributed by atoms with E-state index in [0.29, 0.717) is 0 Å². The van der Waals surface area contributed by atoms with Gasteiger partial charge in [0.05, 0.1) is 12.2 Å². The molecule has 0 aliphatic heterocycles. The maximum absolute atomic E-state index is 12.1. The molecule has 1 amide bonds. The topological polar surface area (TPSA) is 53.3 Å². The van der Waals surface area contributed by atoms with Crippen LogP contribution in [0.4, 0.5) is 5.69 Å². The number of nitrogens with zero attached hydrogens (tertiary/aromatic N) is 2. The standard InChI is InChI=1S/C15H20N2O2/c1-11(2)19-13-8-6-12(7-9-13)17(5)14(18)15(3,4)10-16/h6-9,11H,1-5H3. The zero-order valence-electron chi connectivity index (χ0n) is 12.1. The molecule has 1 aromatic carbocycles. The lowest BCUT2D eigenvalue weighted by Gasteiger charge is -2.24. The highest BCUT2D eigenvalue weighted by Crippen LogP contribution is 2.24. The zero-order valence-corrected chi connectivity index (χ0v) is 12.1. The number of hydrogen-bond acceptors (Lipinski definition) is 3. The molecule has 0 spiro atoms. The van der Waals surface area contributed by atoms with E-state index in [-0.39, 0.29) is 12.0 Å². The van der Waals surface area contributed by atoms with Crippen LogP contribution in [0.3, 0.4) is 0 Å². The highest BCUT2D eigenvalue weighted by atomic mass is 16.5. The Morgan fingerprint density at radius 3 is 2.26 bits per heavy atom. The molecule has 0 bridgehead atoms. The van der Waals surface area contributed by atoms with Gasteiger partial charge >= 0.3 is 0 Å². The van der Waals surface area contributed by atoms with Crippen LogP contribution in [0.15, 0.2) is 24.3 Å². The van der Waals surface area contributed by atoms with Crippen molar-refractivity contribution in [2.24, 2.45) is 5.41 Å². The lowest BCUT2D eigenvalue weighted by molar-refractivity contribution is -0.123. The second-order valence-electron chi connectivity index (χ2n) is 5.26. The van der Waals surface area contributed by atoms with E-state index < -0.39 is 5.41 Å². The predicted octanol–water partition coefficient (Wildman–Crippen LogP) is 2.99. The Hall–Kier alpha value is -2.02. The van der Waals surface area contributed by atoms with Gasteiger partial charge in [-0.25, -0.2) is 0 Å². The van der Waals surface area contributed by atoms with Crippen molar-refractivity contribution in [2.45, 2.75) is 33.8 Å². The maximum atomic E-state index is 12.1. The molecule has 4 heteroatoms. The zero-order chi connectivity index (χ0) is 14.6. The minimum absolute atomic E-state index is 0.114. The van der Waals surface area contributed by atoms with Crippen molar-refractivity contribution in [3.05, 3.63) is 24.3 Å². The second-order valence-corrected chi connectivity index (χ2v) is 5.26. The van der Waals surface area contributed by atoms with E-state index in [1.165, 1.54) is 4.90 Å². The van der Waals surface area contributed by atoms with Gasteiger partial charge in [0.25, 0.3) is 0 Å². The van der Waals surface area contributed by atoms with Crippen LogP contribution in [-0.2, 0) is 4.79 Å². The Labute approximate surface area is 114 Å². The van der Waals surface area contributed by atoms with Gasteiger partial charge in [0.15, 0.2) is 0 Å². The molecule has 0 aliphatic carbocycles. The number of anilines is 1. The summed E-state index contributed by atoms with van der Waals surface area (Å²) in [6, 6.07) is 9.27. The largest absolute Gasteiger partial charge is 0.491 e. The molecule has 0 aromatic heterocycles. The van der Waals surface area contributed by atoms with Crippen LogP contribution in [0.5, 0.6) is 5.75 Å². The van der Waals surface area contributed by atoms with Crippen molar-refractivity contribution in [1.29, 1.82) is 5.26 Å². The minimum Gasteiger partial charge on any atom is -0.491 e. The minimum atomic E-state index is -1.03. The van der Waals surface area contributed by atoms with Crippen molar-refractivity contribution < 1.29 is 9.53 Å². The monoisotopic (exact) mass is 260 g/mol. The number of rotatable bonds is 4. The quantitative estimate of drug-likeness (QED) is 0.836. The van der Waals surface area contributed by atoms with Gasteiger partial charge in [-0.1, -0.05) is 0 Å². The Morgan fingerprint density at radius 1 is 1.32 bits per heavy atom. The first kappa shape index (κ1) is 15.0. The van der Waals surface area contributed by atoms with E-state index in [9.17, 15) is 4.79 Å². The molecule has 0 radical (unpaired) electrons. The molecule has 0 unspecified atom stereocenters. The highest BCUT2D eigenvalue weighted by molar-refractivity contribution is 5.98. The van der Waals surface area contributed by atoms with Crippen LogP contribution >= 0.6 is 0 Å². The molecule has 0 saturated carbocycles. The number of nitriles is 1. The van der Waals surface area contributed by atoms with E-state index in [1.807, 2.05) is 44.2 Å². The van der Waals surface area contributed by atoms with Gasteiger partial charge in [-0.2, -0.15) is 5.26 Å². The lowest BCUT2D eigenvalue weighted by atomic mass is 9.94. The van der Waals surface area contributed by atoms with Crippen LogP contribution in [0.1, 0.15) is 27.7 Å². The van der Waals surface area contributed by atoms with E-state index in [2.05, 4.69) is 0 Å². The van der Waals surface area contributed by atoms with Crippen molar-refractivity contribution in [3.8, 4) is 11.8 Å². The summed E-state index contributed by atoms with van der Waals surface area (Å²) >= 11 is 0. The summed E-state index contributed by atoms with van der Waals surface area (Å²) in [7, 11) is 1.67. The molecular weight excluding hydrogens is 240 g/mol. The number of hydrogen-bond donors (Lipinski definition) is 0. The van der Waals surface area contributed by atoms with E-state index in [0.717, 1.165) is 11.4 Å². The van der Waals surface area contributed by atoms with E-state index in [4.69, 9.17) is 10.00 Å². The molecule has 0 N–H and O–H groups in total. The van der Waals surface area contributed by atoms with E-state index >= 15 is 0 Å². The van der Waals surface area contributed by atoms with Crippen LogP contribution in [0.25, 0.3) is 0 Å². The summed E-state index contributed by atoms with van der Waals surface area (Å²) in [5, 5.41) is 8.99. The summed E-state index contributed by atoms with van der Waals surface area (Å²) in [6.45, 7) is 7.14. The Bertz CT molecular complexity index is 484. The first-order chi connectivity index (χ1) is 8.77. The van der Waals surface area contributed by atoms with Gasteiger partial charge in [-0.3, -0.25) is 4.79 Å². The number of benzene rings is 1. The maximum Gasteiger partial charge on any atom is 0.246 e. The number of carbonyl (C=O) groups excluding carboxylic acids is 1. The lowest BCUT2D eigenvalue weighted by Crippen LogP contribution is -2.37. The molecule has 102 valence electrons. The number of amides is 1. The Morgan fingerprint density at radius 2 is 1.84 bits per heavy atom. The van der Waals surface area contributed by atoms with Gasteiger partial charge in [0, 0.05) is 12.7 Å². The number of ether oxygens (including phenoxy) is 1. The van der Waals surface area contributed by atoms with Crippen molar-refractivity contribution >= 4 is 11.6 Å². The van der Waals surface area contributed by atoms with Crippen LogP contribution in [-0.4, -0.2) is 19.1 Å². The average molecular weight is 260 g/mol. The van der Waals surface area contributed by atoms with Crippen molar-refractivity contribution in [2.75, 3.05) is 11.9 Å². The molecule has 19 heavy (non-hydrogen) atoms. The van der Waals surface area contributed by atoms with E-state index in [1.54, 1.807) is 20.9 Å². The fourth-order valence-electron chi connectivity index (χ4n) is 1.60. The summed E-state index contributed by atoms with van der Waals surface area (Å²) in [5.41, 5.74) is -0.286. The molecule has 0 heterocycles. The van der Waals surface area contributed by atoms with Crippen LogP contribution in [0.2, 0.25) is 0 Å². The predicted molar refractivity (Wildman–Crippen MR) is 75.0 cm³/mol. The fourth-order valence-corrected chi connectivity index (χ4v) is 1.60. The summed E-state index contributed by atoms with van der Waals surface area (Å²) in [5.74, 6) is 0.534. The third-order valence-electron chi connectivity index (χ3n) is 2.71. The molecule has 0 atom stereocenters. The van der Waals surface area contributed by atoms with Gasteiger partial charge in [0.1, 0.15) is 11.2 Å². The first-order valence-electron chi connectivity index (χ1n) is 6.24. The SMILES string of the molecule is CC(C)Oc1ccc(N(C)C(=O)C(C)(C)C#N)cc1. The molecule has 0 saturated heterocycles. The fraction of sp³-hybridized carbons (Fsp3) is 0.467. The Kier molecular flexibility index (Phi) is 4.55. The molecule has 0 aliphatic rings. The average Bonchev–Trinajstić information content (AvgIpc) is 2.37. The summed E-state index contributed by atoms with van der Waals surface area (Å²) in [6.07, 6.45) is 0.114. The molecule has 1 rings (SSSR count). The molecule has 0 fully saturated rings. The van der Waals surface area contributed by atoms with Crippen molar-refractivity contribution in [1.82, 2.24) is 0 Å². The number of carbonyl (C=O) groups is 1. The third kappa shape index (κ3) is 3.72. The smallest absolute Gasteiger partial charge is 0.246 e. The summed E-state index contributed by atoms with van der Waals surface area (Å²) < 4.78 is 5.54. The van der Waals surface area contributed by atoms with Crippen molar-refractivity contribution in [3.63, 3.8) is 0 Å². The molecule has 1 aromatic rings. The van der Waals surface area contributed by atoms with Gasteiger partial charge < -0.3 is 9.64 Å². The first-order valence-corrected chi connectivity index (χ1v) is 6.24. The van der Waals surface area contributed by atoms with Gasteiger partial charge in [-0.15, -0.1) is 0 Å². The van der Waals surface area contributed by atoms with Crippen LogP contribution in [0, 0.1) is 16.7 Å². The second kappa shape index (κ2) is 5.75. The molecule has 4 nitrogen and oxygen atoms in total. The summed E-state index contributed by atoms with van der Waals surface area (Å²) in [4.78, 5) is 13.6. The van der Waals surface area contributed by atoms with Gasteiger partial charge in [-0.05, 0) is 52.0 Å². The normalized spacial score (nSPS) is 11.0. The third-order valence-corrected chi connectivity index (χ3v) is 2.71. The highest BCUT2D eigenvalue weighted by Gasteiger charge is 2.30. The molecular formula is C15H20N2O2. The van der Waals surface area contributed by atoms with Crippen LogP contribution < -0.4 is 9.64 Å².